The Balaban J connectivity index is 2.67. The maximum Gasteiger partial charge on any atom is 0.124 e. The van der Waals surface area contributed by atoms with Gasteiger partial charge in [-0.05, 0) is 36.5 Å². The number of benzene rings is 1. The van der Waals surface area contributed by atoms with E-state index < -0.39 is 0 Å². The van der Waals surface area contributed by atoms with Gasteiger partial charge in [-0.2, -0.15) is 0 Å². The van der Waals surface area contributed by atoms with E-state index in [9.17, 15) is 4.39 Å². The first-order valence-electron chi connectivity index (χ1n) is 5.96. The first-order chi connectivity index (χ1) is 8.06. The van der Waals surface area contributed by atoms with Gasteiger partial charge in [-0.1, -0.05) is 42.3 Å². The predicted octanol–water partition coefficient (Wildman–Crippen LogP) is 3.40. The molecule has 0 fully saturated rings. The molecule has 2 unspecified atom stereocenters. The summed E-state index contributed by atoms with van der Waals surface area (Å²) in [7, 11) is 0. The van der Waals surface area contributed by atoms with Crippen LogP contribution in [0.2, 0.25) is 0 Å². The van der Waals surface area contributed by atoms with E-state index in [1.807, 2.05) is 0 Å². The minimum atomic E-state index is -0.222. The Bertz CT molecular complexity index is 357. The molecule has 2 nitrogen and oxygen atoms in total. The van der Waals surface area contributed by atoms with E-state index in [0.29, 0.717) is 5.92 Å². The molecule has 3 N–H and O–H groups in total. The Morgan fingerprint density at radius 1 is 1.47 bits per heavy atom. The topological polar surface area (TPSA) is 38.0 Å². The summed E-state index contributed by atoms with van der Waals surface area (Å²) >= 11 is 3.38. The molecule has 0 radical (unpaired) electrons. The van der Waals surface area contributed by atoms with Crippen molar-refractivity contribution in [2.45, 2.75) is 39.2 Å². The van der Waals surface area contributed by atoms with E-state index in [-0.39, 0.29) is 11.9 Å². The van der Waals surface area contributed by atoms with Crippen molar-refractivity contribution in [3.05, 3.63) is 34.1 Å². The van der Waals surface area contributed by atoms with Gasteiger partial charge < -0.3 is 0 Å². The molecule has 0 aliphatic rings. The third-order valence-corrected chi connectivity index (χ3v) is 3.84. The average Bonchev–Trinajstić information content (AvgIpc) is 2.31. The first-order valence-corrected chi connectivity index (χ1v) is 6.76. The molecule has 1 rings (SSSR count). The Hall–Kier alpha value is -0.450. The third-order valence-electron chi connectivity index (χ3n) is 3.10. The van der Waals surface area contributed by atoms with Crippen LogP contribution in [0, 0.1) is 11.7 Å². The van der Waals surface area contributed by atoms with Crippen LogP contribution in [0.1, 0.15) is 32.3 Å². The molecule has 1 aromatic rings. The van der Waals surface area contributed by atoms with Gasteiger partial charge in [0.15, 0.2) is 0 Å². The molecule has 0 aromatic heterocycles. The standard InChI is InChI=1S/C13H20BrFN2/c1-3-9(2)6-12(17-16)7-10-4-5-11(15)8-13(10)14/h4-5,8-9,12,17H,3,6-7,16H2,1-2H3. The van der Waals surface area contributed by atoms with Crippen molar-refractivity contribution in [1.82, 2.24) is 5.43 Å². The van der Waals surface area contributed by atoms with Gasteiger partial charge in [0.05, 0.1) is 0 Å². The smallest absolute Gasteiger partial charge is 0.124 e. The highest BCUT2D eigenvalue weighted by Crippen LogP contribution is 2.21. The highest BCUT2D eigenvalue weighted by Gasteiger charge is 2.13. The van der Waals surface area contributed by atoms with Crippen molar-refractivity contribution in [3.8, 4) is 0 Å². The van der Waals surface area contributed by atoms with Crippen LogP contribution in [0.5, 0.6) is 0 Å². The van der Waals surface area contributed by atoms with Crippen LogP contribution in [-0.4, -0.2) is 6.04 Å². The average molecular weight is 303 g/mol. The molecule has 2 atom stereocenters. The van der Waals surface area contributed by atoms with E-state index in [1.54, 1.807) is 6.07 Å². The highest BCUT2D eigenvalue weighted by atomic mass is 79.9. The summed E-state index contributed by atoms with van der Waals surface area (Å²) in [6.07, 6.45) is 2.97. The number of hydrogen-bond donors (Lipinski definition) is 2. The number of nitrogens with two attached hydrogens (primary N) is 1. The number of halogens is 2. The summed E-state index contributed by atoms with van der Waals surface area (Å²) in [5, 5.41) is 0. The second kappa shape index (κ2) is 7.09. The largest absolute Gasteiger partial charge is 0.271 e. The molecule has 0 amide bonds. The van der Waals surface area contributed by atoms with Crippen molar-refractivity contribution >= 4 is 15.9 Å². The van der Waals surface area contributed by atoms with Crippen LogP contribution in [-0.2, 0) is 6.42 Å². The fraction of sp³-hybridized carbons (Fsp3) is 0.538. The number of hydrogen-bond acceptors (Lipinski definition) is 2. The molecule has 96 valence electrons. The number of nitrogens with one attached hydrogen (secondary N) is 1. The van der Waals surface area contributed by atoms with E-state index >= 15 is 0 Å². The third kappa shape index (κ3) is 4.74. The van der Waals surface area contributed by atoms with E-state index in [4.69, 9.17) is 5.84 Å². The zero-order chi connectivity index (χ0) is 12.8. The van der Waals surface area contributed by atoms with E-state index in [1.165, 1.54) is 12.1 Å². The predicted molar refractivity (Wildman–Crippen MR) is 73.0 cm³/mol. The molecule has 0 saturated carbocycles. The quantitative estimate of drug-likeness (QED) is 0.624. The van der Waals surface area contributed by atoms with Gasteiger partial charge in [0.1, 0.15) is 5.82 Å². The molecule has 0 aliphatic carbocycles. The Labute approximate surface area is 111 Å². The van der Waals surface area contributed by atoms with Gasteiger partial charge in [-0.15, -0.1) is 0 Å². The Morgan fingerprint density at radius 2 is 2.18 bits per heavy atom. The zero-order valence-corrected chi connectivity index (χ0v) is 11.9. The lowest BCUT2D eigenvalue weighted by Crippen LogP contribution is -2.38. The maximum absolute atomic E-state index is 13.0. The first kappa shape index (κ1) is 14.6. The van der Waals surface area contributed by atoms with Crippen molar-refractivity contribution in [2.24, 2.45) is 11.8 Å². The lowest BCUT2D eigenvalue weighted by molar-refractivity contribution is 0.396. The summed E-state index contributed by atoms with van der Waals surface area (Å²) in [5.74, 6) is 5.98. The Kier molecular flexibility index (Phi) is 6.09. The SMILES string of the molecule is CCC(C)CC(Cc1ccc(F)cc1Br)NN. The molecule has 17 heavy (non-hydrogen) atoms. The van der Waals surface area contributed by atoms with Crippen LogP contribution < -0.4 is 11.3 Å². The number of hydrazine groups is 1. The summed E-state index contributed by atoms with van der Waals surface area (Å²) in [6, 6.07) is 5.01. The molecule has 1 aromatic carbocycles. The summed E-state index contributed by atoms with van der Waals surface area (Å²) < 4.78 is 13.8. The molecule has 0 heterocycles. The number of rotatable bonds is 6. The van der Waals surface area contributed by atoms with Gasteiger partial charge in [-0.3, -0.25) is 11.3 Å². The second-order valence-electron chi connectivity index (χ2n) is 4.55. The normalized spacial score (nSPS) is 14.6. The van der Waals surface area contributed by atoms with Crippen molar-refractivity contribution in [2.75, 3.05) is 0 Å². The van der Waals surface area contributed by atoms with Gasteiger partial charge in [0, 0.05) is 10.5 Å². The van der Waals surface area contributed by atoms with Crippen molar-refractivity contribution in [1.29, 1.82) is 0 Å². The van der Waals surface area contributed by atoms with Crippen molar-refractivity contribution < 1.29 is 4.39 Å². The van der Waals surface area contributed by atoms with Crippen LogP contribution in [0.15, 0.2) is 22.7 Å². The fourth-order valence-corrected chi connectivity index (χ4v) is 2.33. The van der Waals surface area contributed by atoms with E-state index in [0.717, 1.165) is 29.3 Å². The monoisotopic (exact) mass is 302 g/mol. The Morgan fingerprint density at radius 3 is 2.71 bits per heavy atom. The molecule has 0 bridgehead atoms. The lowest BCUT2D eigenvalue weighted by atomic mass is 9.95. The van der Waals surface area contributed by atoms with E-state index in [2.05, 4.69) is 35.2 Å². The van der Waals surface area contributed by atoms with Gasteiger partial charge in [-0.25, -0.2) is 4.39 Å². The molecule has 0 aliphatic heterocycles. The minimum Gasteiger partial charge on any atom is -0.271 e. The lowest BCUT2D eigenvalue weighted by Gasteiger charge is -2.20. The maximum atomic E-state index is 13.0. The van der Waals surface area contributed by atoms with Crippen molar-refractivity contribution in [3.63, 3.8) is 0 Å². The van der Waals surface area contributed by atoms with Gasteiger partial charge >= 0.3 is 0 Å². The van der Waals surface area contributed by atoms with Gasteiger partial charge in [0.25, 0.3) is 0 Å². The highest BCUT2D eigenvalue weighted by molar-refractivity contribution is 9.10. The molecule has 0 spiro atoms. The molecular formula is C13H20BrFN2. The second-order valence-corrected chi connectivity index (χ2v) is 5.41. The van der Waals surface area contributed by atoms with Gasteiger partial charge in [0.2, 0.25) is 0 Å². The fourth-order valence-electron chi connectivity index (χ4n) is 1.82. The molecule has 4 heteroatoms. The van der Waals surface area contributed by atoms with Crippen LogP contribution >= 0.6 is 15.9 Å². The summed E-state index contributed by atoms with van der Waals surface area (Å²) in [6.45, 7) is 4.39. The molecular weight excluding hydrogens is 283 g/mol. The minimum absolute atomic E-state index is 0.222. The zero-order valence-electron chi connectivity index (χ0n) is 10.3. The molecule has 0 saturated heterocycles. The van der Waals surface area contributed by atoms with Crippen LogP contribution in [0.3, 0.4) is 0 Å². The summed E-state index contributed by atoms with van der Waals surface area (Å²) in [5.41, 5.74) is 3.92. The summed E-state index contributed by atoms with van der Waals surface area (Å²) in [4.78, 5) is 0. The van der Waals surface area contributed by atoms with Crippen LogP contribution in [0.4, 0.5) is 4.39 Å². The van der Waals surface area contributed by atoms with Crippen LogP contribution in [0.25, 0.3) is 0 Å².